The highest BCUT2D eigenvalue weighted by Crippen LogP contribution is 2.13. The van der Waals surface area contributed by atoms with Crippen molar-refractivity contribution in [1.29, 1.82) is 0 Å². The van der Waals surface area contributed by atoms with Gasteiger partial charge in [-0.05, 0) is 59.9 Å². The molecule has 0 N–H and O–H groups in total. The molecule has 152 valence electrons. The summed E-state index contributed by atoms with van der Waals surface area (Å²) in [4.78, 5) is 0. The Morgan fingerprint density at radius 1 is 0.926 bits per heavy atom. The third-order valence-electron chi connectivity index (χ3n) is 3.67. The van der Waals surface area contributed by atoms with Crippen LogP contribution < -0.4 is 10.4 Å². The standard InChI is InChI=1S/C21H26.3C2H6/c1-8-15(3)12-17(5)18(6)13-19(7)21-14-20(9-2)11-10-16(21)4;3*1-2/h8,10-14H,1,4-5,9H2,2-3,6-7H3;3*1-2H3/b15-12+,18-13+,21-19-;;;. The van der Waals surface area contributed by atoms with Crippen molar-refractivity contribution in [2.45, 2.75) is 75.7 Å². The molecule has 0 unspecified atom stereocenters. The molecule has 0 aromatic heterocycles. The normalized spacial score (nSPS) is 11.5. The van der Waals surface area contributed by atoms with Crippen LogP contribution in [0.5, 0.6) is 0 Å². The van der Waals surface area contributed by atoms with Crippen molar-refractivity contribution in [1.82, 2.24) is 0 Å². The first-order valence-corrected chi connectivity index (χ1v) is 10.4. The minimum atomic E-state index is 1.02. The number of hydrogen-bond donors (Lipinski definition) is 0. The van der Waals surface area contributed by atoms with Crippen molar-refractivity contribution in [3.63, 3.8) is 0 Å². The van der Waals surface area contributed by atoms with E-state index in [4.69, 9.17) is 0 Å². The summed E-state index contributed by atoms with van der Waals surface area (Å²) in [6.07, 6.45) is 7.11. The maximum absolute atomic E-state index is 4.13. The van der Waals surface area contributed by atoms with Crippen LogP contribution in [0.25, 0.3) is 12.2 Å². The van der Waals surface area contributed by atoms with Gasteiger partial charge in [0.15, 0.2) is 0 Å². The molecule has 0 heteroatoms. The first kappa shape index (κ1) is 29.7. The van der Waals surface area contributed by atoms with Crippen LogP contribution in [0.4, 0.5) is 0 Å². The Morgan fingerprint density at radius 3 is 1.89 bits per heavy atom. The fourth-order valence-corrected chi connectivity index (χ4v) is 2.15. The third-order valence-corrected chi connectivity index (χ3v) is 3.67. The van der Waals surface area contributed by atoms with E-state index >= 15 is 0 Å². The predicted molar refractivity (Wildman–Crippen MR) is 131 cm³/mol. The maximum Gasteiger partial charge on any atom is -0.0158 e. The van der Waals surface area contributed by atoms with E-state index in [1.54, 1.807) is 0 Å². The number of allylic oxidation sites excluding steroid dienone is 6. The molecule has 1 rings (SSSR count). The van der Waals surface area contributed by atoms with Gasteiger partial charge >= 0.3 is 0 Å². The summed E-state index contributed by atoms with van der Waals surface area (Å²) in [7, 11) is 0. The zero-order chi connectivity index (χ0) is 22.0. The van der Waals surface area contributed by atoms with Gasteiger partial charge in [0.25, 0.3) is 0 Å². The molecular weight excluding hydrogens is 324 g/mol. The second-order valence-electron chi connectivity index (χ2n) is 5.47. The lowest BCUT2D eigenvalue weighted by atomic mass is 10.0. The Labute approximate surface area is 170 Å². The van der Waals surface area contributed by atoms with E-state index in [1.165, 1.54) is 16.4 Å². The second kappa shape index (κ2) is 18.7. The highest BCUT2D eigenvalue weighted by atomic mass is 14.0. The number of hydrogen-bond acceptors (Lipinski definition) is 0. The molecule has 0 saturated heterocycles. The van der Waals surface area contributed by atoms with E-state index in [2.05, 4.69) is 70.9 Å². The van der Waals surface area contributed by atoms with Crippen LogP contribution in [0.15, 0.2) is 66.3 Å². The summed E-state index contributed by atoms with van der Waals surface area (Å²) in [5.41, 5.74) is 5.86. The number of rotatable bonds is 5. The van der Waals surface area contributed by atoms with Gasteiger partial charge in [-0.15, -0.1) is 0 Å². The van der Waals surface area contributed by atoms with Gasteiger partial charge in [-0.2, -0.15) is 0 Å². The molecule has 0 aliphatic carbocycles. The lowest BCUT2D eigenvalue weighted by Crippen LogP contribution is -2.25. The van der Waals surface area contributed by atoms with Crippen LogP contribution >= 0.6 is 0 Å². The molecule has 1 aromatic rings. The average molecular weight is 369 g/mol. The first-order chi connectivity index (χ1) is 12.9. The van der Waals surface area contributed by atoms with Crippen LogP contribution in [-0.4, -0.2) is 0 Å². The monoisotopic (exact) mass is 368 g/mol. The molecule has 0 saturated carbocycles. The third kappa shape index (κ3) is 12.0. The first-order valence-electron chi connectivity index (χ1n) is 10.4. The quantitative estimate of drug-likeness (QED) is 0.471. The van der Waals surface area contributed by atoms with Crippen molar-refractivity contribution in [2.75, 3.05) is 0 Å². The van der Waals surface area contributed by atoms with Crippen molar-refractivity contribution in [3.05, 3.63) is 82.3 Å². The Balaban J connectivity index is -0.000000869. The van der Waals surface area contributed by atoms with Crippen molar-refractivity contribution in [3.8, 4) is 0 Å². The van der Waals surface area contributed by atoms with E-state index in [0.29, 0.717) is 0 Å². The van der Waals surface area contributed by atoms with Crippen LogP contribution in [0.2, 0.25) is 0 Å². The van der Waals surface area contributed by atoms with Crippen molar-refractivity contribution in [2.24, 2.45) is 0 Å². The van der Waals surface area contributed by atoms with Crippen LogP contribution in [0.3, 0.4) is 0 Å². The molecule has 0 atom stereocenters. The zero-order valence-electron chi connectivity index (χ0n) is 19.8. The van der Waals surface area contributed by atoms with E-state index in [1.807, 2.05) is 54.5 Å². The topological polar surface area (TPSA) is 0 Å². The van der Waals surface area contributed by atoms with Crippen LogP contribution in [0, 0.1) is 0 Å². The summed E-state index contributed by atoms with van der Waals surface area (Å²) in [6, 6.07) is 6.47. The molecular formula is C27H44. The van der Waals surface area contributed by atoms with Crippen LogP contribution in [-0.2, 0) is 6.42 Å². The second-order valence-corrected chi connectivity index (χ2v) is 5.47. The summed E-state index contributed by atoms with van der Waals surface area (Å²) in [5.74, 6) is 0. The summed E-state index contributed by atoms with van der Waals surface area (Å²) in [6.45, 7) is 32.4. The molecule has 0 heterocycles. The largest absolute Gasteiger partial charge is 0.0988 e. The fraction of sp³-hybridized carbons (Fsp3) is 0.407. The van der Waals surface area contributed by atoms with E-state index in [0.717, 1.165) is 28.4 Å². The summed E-state index contributed by atoms with van der Waals surface area (Å²) >= 11 is 0. The zero-order valence-corrected chi connectivity index (χ0v) is 19.8. The van der Waals surface area contributed by atoms with Gasteiger partial charge in [0, 0.05) is 0 Å². The predicted octanol–water partition coefficient (Wildman–Crippen LogP) is 7.54. The maximum atomic E-state index is 4.13. The van der Waals surface area contributed by atoms with Crippen molar-refractivity contribution < 1.29 is 0 Å². The van der Waals surface area contributed by atoms with Gasteiger partial charge in [0.05, 0.1) is 0 Å². The minimum absolute atomic E-state index is 1.02. The van der Waals surface area contributed by atoms with Gasteiger partial charge in [-0.1, -0.05) is 110 Å². The summed E-state index contributed by atoms with van der Waals surface area (Å²) in [5, 5.41) is 2.28. The molecule has 27 heavy (non-hydrogen) atoms. The van der Waals surface area contributed by atoms with Gasteiger partial charge in [0.2, 0.25) is 0 Å². The Morgan fingerprint density at radius 2 is 1.44 bits per heavy atom. The Bertz CT molecular complexity index is 709. The summed E-state index contributed by atoms with van der Waals surface area (Å²) < 4.78 is 0. The molecule has 0 radical (unpaired) electrons. The molecule has 0 aliphatic rings. The molecule has 0 aliphatic heterocycles. The molecule has 0 amide bonds. The Hall–Kier alpha value is -2.08. The van der Waals surface area contributed by atoms with E-state index in [-0.39, 0.29) is 0 Å². The van der Waals surface area contributed by atoms with E-state index in [9.17, 15) is 0 Å². The molecule has 0 fully saturated rings. The Kier molecular flexibility index (Phi) is 20.6. The lowest BCUT2D eigenvalue weighted by Gasteiger charge is -2.04. The van der Waals surface area contributed by atoms with E-state index < -0.39 is 0 Å². The van der Waals surface area contributed by atoms with Gasteiger partial charge in [0.1, 0.15) is 0 Å². The van der Waals surface area contributed by atoms with Crippen molar-refractivity contribution >= 4 is 12.2 Å². The highest BCUT2D eigenvalue weighted by molar-refractivity contribution is 5.59. The fourth-order valence-electron chi connectivity index (χ4n) is 2.15. The van der Waals surface area contributed by atoms with Gasteiger partial charge in [-0.3, -0.25) is 0 Å². The number of benzene rings is 1. The van der Waals surface area contributed by atoms with Crippen LogP contribution in [0.1, 0.15) is 74.8 Å². The molecule has 1 aromatic carbocycles. The lowest BCUT2D eigenvalue weighted by molar-refractivity contribution is 1.13. The van der Waals surface area contributed by atoms with Gasteiger partial charge in [-0.25, -0.2) is 0 Å². The van der Waals surface area contributed by atoms with Gasteiger partial charge < -0.3 is 0 Å². The SMILES string of the molecule is C=C/C(C)=C/C(=C)/C(C)=C/C(C)=c1/cc(CC)ccc1=C.CC.CC.CC. The molecule has 0 spiro atoms. The minimum Gasteiger partial charge on any atom is -0.0988 e. The number of aryl methyl sites for hydroxylation is 1. The smallest absolute Gasteiger partial charge is 0.0158 e. The molecule has 0 bridgehead atoms. The molecule has 0 nitrogen and oxygen atoms in total. The highest BCUT2D eigenvalue weighted by Gasteiger charge is 1.97. The average Bonchev–Trinajstić information content (AvgIpc) is 2.72.